The highest BCUT2D eigenvalue weighted by atomic mass is 35.5. The van der Waals surface area contributed by atoms with E-state index in [0.29, 0.717) is 5.56 Å². The maximum absolute atomic E-state index is 8.65. The summed E-state index contributed by atoms with van der Waals surface area (Å²) < 4.78 is 0. The average molecular weight is 232 g/mol. The molecule has 2 rings (SSSR count). The van der Waals surface area contributed by atoms with Gasteiger partial charge >= 0.3 is 0 Å². The van der Waals surface area contributed by atoms with Crippen molar-refractivity contribution in [3.63, 3.8) is 0 Å². The van der Waals surface area contributed by atoms with E-state index < -0.39 is 0 Å². The van der Waals surface area contributed by atoms with E-state index in [2.05, 4.69) is 9.97 Å². The van der Waals surface area contributed by atoms with Crippen molar-refractivity contribution in [1.82, 2.24) is 9.97 Å². The molecule has 4 heteroatoms. The van der Waals surface area contributed by atoms with E-state index in [1.54, 1.807) is 12.4 Å². The van der Waals surface area contributed by atoms with E-state index >= 15 is 0 Å². The smallest absolute Gasteiger partial charge is 0.135 e. The molecule has 0 aliphatic heterocycles. The van der Waals surface area contributed by atoms with Crippen molar-refractivity contribution < 1.29 is 0 Å². The number of allylic oxidation sites excluding steroid dienone is 4. The first-order valence-corrected chi connectivity index (χ1v) is 5.34. The van der Waals surface area contributed by atoms with Crippen LogP contribution >= 0.6 is 11.6 Å². The molecular weight excluding hydrogens is 222 g/mol. The van der Waals surface area contributed by atoms with Gasteiger partial charge in [-0.2, -0.15) is 5.26 Å². The summed E-state index contributed by atoms with van der Waals surface area (Å²) in [6, 6.07) is 2.00. The van der Waals surface area contributed by atoms with Crippen molar-refractivity contribution in [2.75, 3.05) is 0 Å². The third-order valence-electron chi connectivity index (χ3n) is 2.54. The summed E-state index contributed by atoms with van der Waals surface area (Å²) in [5.41, 5.74) is 1.62. The van der Waals surface area contributed by atoms with Crippen LogP contribution < -0.4 is 0 Å². The first-order valence-electron chi connectivity index (χ1n) is 4.96. The molecule has 16 heavy (non-hydrogen) atoms. The first-order chi connectivity index (χ1) is 7.70. The lowest BCUT2D eigenvalue weighted by Gasteiger charge is -2.16. The summed E-state index contributed by atoms with van der Waals surface area (Å²) in [6.45, 7) is 2.00. The lowest BCUT2D eigenvalue weighted by atomic mass is 9.94. The highest BCUT2D eigenvalue weighted by Crippen LogP contribution is 2.30. The van der Waals surface area contributed by atoms with Crippen LogP contribution in [0.3, 0.4) is 0 Å². The van der Waals surface area contributed by atoms with Crippen LogP contribution in [0, 0.1) is 11.3 Å². The predicted molar refractivity (Wildman–Crippen MR) is 61.8 cm³/mol. The highest BCUT2D eigenvalue weighted by molar-refractivity contribution is 6.31. The zero-order valence-corrected chi connectivity index (χ0v) is 9.57. The molecule has 0 amide bonds. The Morgan fingerprint density at radius 2 is 2.12 bits per heavy atom. The summed E-state index contributed by atoms with van der Waals surface area (Å²) >= 11 is 5.98. The molecular formula is C12H10ClN3. The second-order valence-corrected chi connectivity index (χ2v) is 4.15. The van der Waals surface area contributed by atoms with Gasteiger partial charge < -0.3 is 0 Å². The molecule has 1 aromatic heterocycles. The summed E-state index contributed by atoms with van der Waals surface area (Å²) in [5, 5.41) is 9.44. The molecule has 1 unspecified atom stereocenters. The number of nitriles is 1. The molecule has 0 bridgehead atoms. The minimum absolute atomic E-state index is 0.162. The molecule has 0 spiro atoms. The quantitative estimate of drug-likeness (QED) is 0.747. The fourth-order valence-electron chi connectivity index (χ4n) is 1.60. The molecule has 0 saturated heterocycles. The second kappa shape index (κ2) is 4.46. The molecule has 0 aromatic carbocycles. The Hall–Kier alpha value is -1.66. The summed E-state index contributed by atoms with van der Waals surface area (Å²) in [6.07, 6.45) is 7.81. The van der Waals surface area contributed by atoms with Gasteiger partial charge in [0.2, 0.25) is 0 Å². The van der Waals surface area contributed by atoms with E-state index in [-0.39, 0.29) is 5.92 Å². The predicted octanol–water partition coefficient (Wildman–Crippen LogP) is 2.90. The number of rotatable bonds is 1. The van der Waals surface area contributed by atoms with Crippen molar-refractivity contribution in [3.8, 4) is 6.07 Å². The molecule has 0 saturated carbocycles. The number of nitrogens with zero attached hydrogens (tertiary/aromatic N) is 3. The van der Waals surface area contributed by atoms with Crippen LogP contribution in [-0.2, 0) is 0 Å². The van der Waals surface area contributed by atoms with Crippen LogP contribution in [0.15, 0.2) is 35.2 Å². The zero-order valence-electron chi connectivity index (χ0n) is 8.81. The van der Waals surface area contributed by atoms with Gasteiger partial charge in [0.15, 0.2) is 0 Å². The Kier molecular flexibility index (Phi) is 3.02. The molecule has 1 aliphatic carbocycles. The molecule has 1 aliphatic rings. The van der Waals surface area contributed by atoms with E-state index in [1.165, 1.54) is 0 Å². The molecule has 0 N–H and O–H groups in total. The number of halogens is 1. The highest BCUT2D eigenvalue weighted by Gasteiger charge is 2.16. The van der Waals surface area contributed by atoms with E-state index in [1.807, 2.05) is 25.1 Å². The van der Waals surface area contributed by atoms with Gasteiger partial charge in [0.25, 0.3) is 0 Å². The van der Waals surface area contributed by atoms with Gasteiger partial charge in [-0.15, -0.1) is 0 Å². The van der Waals surface area contributed by atoms with Crippen LogP contribution in [0.25, 0.3) is 0 Å². The van der Waals surface area contributed by atoms with Crippen LogP contribution in [-0.4, -0.2) is 9.97 Å². The minimum Gasteiger partial charge on any atom is -0.239 e. The van der Waals surface area contributed by atoms with Crippen molar-refractivity contribution in [2.24, 2.45) is 0 Å². The molecule has 0 radical (unpaired) electrons. The Labute approximate surface area is 99.1 Å². The van der Waals surface area contributed by atoms with Crippen molar-refractivity contribution >= 4 is 11.6 Å². The lowest BCUT2D eigenvalue weighted by Crippen LogP contribution is -2.05. The van der Waals surface area contributed by atoms with Gasteiger partial charge in [-0.1, -0.05) is 23.3 Å². The van der Waals surface area contributed by atoms with Gasteiger partial charge in [0.05, 0.1) is 5.56 Å². The second-order valence-electron chi connectivity index (χ2n) is 3.74. The van der Waals surface area contributed by atoms with Gasteiger partial charge in [-0.25, -0.2) is 9.97 Å². The maximum atomic E-state index is 8.65. The Balaban J connectivity index is 2.22. The molecule has 3 nitrogen and oxygen atoms in total. The zero-order chi connectivity index (χ0) is 11.5. The summed E-state index contributed by atoms with van der Waals surface area (Å²) in [4.78, 5) is 8.36. The maximum Gasteiger partial charge on any atom is 0.135 e. The Morgan fingerprint density at radius 3 is 2.69 bits per heavy atom. The Bertz CT molecular complexity index is 494. The monoisotopic (exact) mass is 231 g/mol. The van der Waals surface area contributed by atoms with Crippen LogP contribution in [0.2, 0.25) is 0 Å². The Morgan fingerprint density at radius 1 is 1.44 bits per heavy atom. The number of hydrogen-bond acceptors (Lipinski definition) is 3. The largest absolute Gasteiger partial charge is 0.239 e. The van der Waals surface area contributed by atoms with Crippen molar-refractivity contribution in [2.45, 2.75) is 19.3 Å². The summed E-state index contributed by atoms with van der Waals surface area (Å²) in [7, 11) is 0. The summed E-state index contributed by atoms with van der Waals surface area (Å²) in [5.74, 6) is 0.897. The van der Waals surface area contributed by atoms with E-state index in [4.69, 9.17) is 16.9 Å². The third kappa shape index (κ3) is 2.12. The molecule has 1 heterocycles. The third-order valence-corrected chi connectivity index (χ3v) is 2.99. The molecule has 0 fully saturated rings. The SMILES string of the molecule is CC1=C(Cl)C=CC(c2ncc(C#N)cn2)C1. The van der Waals surface area contributed by atoms with Crippen LogP contribution in [0.4, 0.5) is 0 Å². The van der Waals surface area contributed by atoms with Crippen LogP contribution in [0.1, 0.15) is 30.7 Å². The van der Waals surface area contributed by atoms with Gasteiger partial charge in [-0.05, 0) is 19.4 Å². The minimum atomic E-state index is 0.162. The fraction of sp³-hybridized carbons (Fsp3) is 0.250. The van der Waals surface area contributed by atoms with Crippen molar-refractivity contribution in [1.29, 1.82) is 5.26 Å². The fourth-order valence-corrected chi connectivity index (χ4v) is 1.75. The number of hydrogen-bond donors (Lipinski definition) is 0. The lowest BCUT2D eigenvalue weighted by molar-refractivity contribution is 0.743. The topological polar surface area (TPSA) is 49.6 Å². The van der Waals surface area contributed by atoms with Gasteiger partial charge in [0, 0.05) is 23.3 Å². The van der Waals surface area contributed by atoms with Gasteiger partial charge in [0.1, 0.15) is 11.9 Å². The number of aromatic nitrogens is 2. The van der Waals surface area contributed by atoms with E-state index in [9.17, 15) is 0 Å². The molecule has 80 valence electrons. The molecule has 1 atom stereocenters. The van der Waals surface area contributed by atoms with E-state index in [0.717, 1.165) is 22.9 Å². The van der Waals surface area contributed by atoms with Gasteiger partial charge in [-0.3, -0.25) is 0 Å². The van der Waals surface area contributed by atoms with Crippen molar-refractivity contribution in [3.05, 3.63) is 46.5 Å². The first kappa shape index (κ1) is 10.8. The molecule has 1 aromatic rings. The van der Waals surface area contributed by atoms with Crippen LogP contribution in [0.5, 0.6) is 0 Å². The average Bonchev–Trinajstić information content (AvgIpc) is 2.33. The normalized spacial score (nSPS) is 19.7. The standard InChI is InChI=1S/C12H10ClN3/c1-8-4-10(2-3-11(8)13)12-15-6-9(5-14)7-16-12/h2-3,6-7,10H,4H2,1H3.